The van der Waals surface area contributed by atoms with Gasteiger partial charge in [-0.05, 0) is 37.3 Å². The lowest BCUT2D eigenvalue weighted by molar-refractivity contribution is 0.271. The third kappa shape index (κ3) is 2.49. The molecule has 1 aromatic rings. The van der Waals surface area contributed by atoms with Crippen molar-refractivity contribution in [3.05, 3.63) is 23.8 Å². The zero-order chi connectivity index (χ0) is 11.5. The molecular weight excluding hydrogens is 198 g/mol. The Kier molecular flexibility index (Phi) is 3.37. The number of hydrogen-bond donors (Lipinski definition) is 1. The minimum Gasteiger partial charge on any atom is -0.491 e. The molecule has 0 saturated carbocycles. The summed E-state index contributed by atoms with van der Waals surface area (Å²) in [5.74, 6) is 1.58. The first-order valence-electron chi connectivity index (χ1n) is 6.18. The zero-order valence-electron chi connectivity index (χ0n) is 10.4. The van der Waals surface area contributed by atoms with Gasteiger partial charge in [0.2, 0.25) is 0 Å². The predicted molar refractivity (Wildman–Crippen MR) is 68.2 cm³/mol. The molecule has 1 unspecified atom stereocenters. The number of hydrogen-bond acceptors (Lipinski definition) is 2. The first-order valence-corrected chi connectivity index (χ1v) is 6.18. The quantitative estimate of drug-likeness (QED) is 0.840. The maximum Gasteiger partial charge on any atom is 0.142 e. The van der Waals surface area contributed by atoms with Gasteiger partial charge in [-0.2, -0.15) is 0 Å². The van der Waals surface area contributed by atoms with Gasteiger partial charge in [-0.15, -0.1) is 0 Å². The van der Waals surface area contributed by atoms with Crippen molar-refractivity contribution in [2.45, 2.75) is 39.7 Å². The van der Waals surface area contributed by atoms with Gasteiger partial charge in [-0.3, -0.25) is 0 Å². The first kappa shape index (κ1) is 11.3. The Morgan fingerprint density at radius 1 is 1.44 bits per heavy atom. The van der Waals surface area contributed by atoms with E-state index in [1.807, 2.05) is 0 Å². The minimum absolute atomic E-state index is 0.552. The van der Waals surface area contributed by atoms with Gasteiger partial charge in [0.25, 0.3) is 0 Å². The van der Waals surface area contributed by atoms with Crippen LogP contribution < -0.4 is 10.1 Å². The zero-order valence-corrected chi connectivity index (χ0v) is 10.4. The lowest BCUT2D eigenvalue weighted by Gasteiger charge is -2.26. The van der Waals surface area contributed by atoms with Crippen molar-refractivity contribution < 1.29 is 4.74 Å². The molecule has 1 aliphatic rings. The summed E-state index contributed by atoms with van der Waals surface area (Å²) in [7, 11) is 0. The third-order valence-corrected chi connectivity index (χ3v) is 2.92. The van der Waals surface area contributed by atoms with Gasteiger partial charge >= 0.3 is 0 Å². The molecule has 1 aromatic carbocycles. The summed E-state index contributed by atoms with van der Waals surface area (Å²) in [5, 5.41) is 3.53. The summed E-state index contributed by atoms with van der Waals surface area (Å²) in [6.45, 7) is 7.35. The van der Waals surface area contributed by atoms with Gasteiger partial charge < -0.3 is 10.1 Å². The summed E-state index contributed by atoms with van der Waals surface area (Å²) in [5.41, 5.74) is 2.60. The normalized spacial score (nSPS) is 19.1. The fourth-order valence-corrected chi connectivity index (χ4v) is 2.02. The van der Waals surface area contributed by atoms with Crippen LogP contribution in [0.5, 0.6) is 5.75 Å². The van der Waals surface area contributed by atoms with Gasteiger partial charge in [-0.25, -0.2) is 0 Å². The molecule has 0 radical (unpaired) electrons. The van der Waals surface area contributed by atoms with E-state index in [1.54, 1.807) is 0 Å². The molecule has 2 nitrogen and oxygen atoms in total. The van der Waals surface area contributed by atoms with Crippen molar-refractivity contribution in [2.75, 3.05) is 11.9 Å². The summed E-state index contributed by atoms with van der Waals surface area (Å²) in [4.78, 5) is 0. The van der Waals surface area contributed by atoms with Crippen LogP contribution in [0.3, 0.4) is 0 Å². The highest BCUT2D eigenvalue weighted by molar-refractivity contribution is 5.63. The number of nitrogens with one attached hydrogen (secondary N) is 1. The molecule has 0 aromatic heterocycles. The summed E-state index contributed by atoms with van der Waals surface area (Å²) >= 11 is 0. The fourth-order valence-electron chi connectivity index (χ4n) is 2.02. The number of benzene rings is 1. The van der Waals surface area contributed by atoms with Gasteiger partial charge in [0.15, 0.2) is 0 Å². The van der Waals surface area contributed by atoms with Gasteiger partial charge in [0, 0.05) is 6.04 Å². The van der Waals surface area contributed by atoms with Crippen molar-refractivity contribution in [1.82, 2.24) is 0 Å². The molecular formula is C14H21NO. The number of para-hydroxylation sites is 1. The lowest BCUT2D eigenvalue weighted by Crippen LogP contribution is -2.22. The van der Waals surface area contributed by atoms with Gasteiger partial charge in [0.1, 0.15) is 5.75 Å². The highest BCUT2D eigenvalue weighted by Gasteiger charge is 2.17. The Balaban J connectivity index is 2.18. The topological polar surface area (TPSA) is 21.3 Å². The molecule has 88 valence electrons. The Labute approximate surface area is 98.0 Å². The summed E-state index contributed by atoms with van der Waals surface area (Å²) in [6.07, 6.45) is 2.36. The van der Waals surface area contributed by atoms with E-state index in [9.17, 15) is 0 Å². The van der Waals surface area contributed by atoms with E-state index in [0.717, 1.165) is 18.8 Å². The van der Waals surface area contributed by atoms with E-state index in [2.05, 4.69) is 44.3 Å². The maximum absolute atomic E-state index is 5.85. The second-order valence-electron chi connectivity index (χ2n) is 5.08. The Morgan fingerprint density at radius 3 is 3.00 bits per heavy atom. The highest BCUT2D eigenvalue weighted by Crippen LogP contribution is 2.33. The monoisotopic (exact) mass is 219 g/mol. The Bertz CT molecular complexity index is 360. The second kappa shape index (κ2) is 4.77. The number of aryl methyl sites for hydroxylation is 1. The van der Waals surface area contributed by atoms with Crippen molar-refractivity contribution in [3.63, 3.8) is 0 Å². The molecule has 0 spiro atoms. The summed E-state index contributed by atoms with van der Waals surface area (Å²) in [6, 6.07) is 6.89. The van der Waals surface area contributed by atoms with Crippen LogP contribution in [0.25, 0.3) is 0 Å². The van der Waals surface area contributed by atoms with E-state index in [-0.39, 0.29) is 0 Å². The first-order chi connectivity index (χ1) is 7.66. The largest absolute Gasteiger partial charge is 0.491 e. The van der Waals surface area contributed by atoms with E-state index < -0.39 is 0 Å². The van der Waals surface area contributed by atoms with Crippen LogP contribution in [0.4, 0.5) is 5.69 Å². The van der Waals surface area contributed by atoms with E-state index >= 15 is 0 Å². The minimum atomic E-state index is 0.552. The van der Waals surface area contributed by atoms with Crippen LogP contribution in [0, 0.1) is 5.92 Å². The van der Waals surface area contributed by atoms with E-state index in [4.69, 9.17) is 4.74 Å². The smallest absolute Gasteiger partial charge is 0.142 e. The van der Waals surface area contributed by atoms with Gasteiger partial charge in [0.05, 0.1) is 12.3 Å². The Hall–Kier alpha value is -1.18. The molecule has 16 heavy (non-hydrogen) atoms. The molecule has 0 bridgehead atoms. The lowest BCUT2D eigenvalue weighted by atomic mass is 9.98. The standard InChI is InChI=1S/C14H21NO/c1-10(2)9-16-13-6-4-5-12-8-7-11(3)15-14(12)13/h4-6,10-11,15H,7-9H2,1-3H3. The molecule has 2 rings (SSSR count). The average Bonchev–Trinajstić information content (AvgIpc) is 2.26. The third-order valence-electron chi connectivity index (χ3n) is 2.92. The predicted octanol–water partition coefficient (Wildman–Crippen LogP) is 3.47. The average molecular weight is 219 g/mol. The van der Waals surface area contributed by atoms with Crippen LogP contribution in [-0.2, 0) is 6.42 Å². The van der Waals surface area contributed by atoms with Crippen molar-refractivity contribution in [2.24, 2.45) is 5.92 Å². The fraction of sp³-hybridized carbons (Fsp3) is 0.571. The second-order valence-corrected chi connectivity index (χ2v) is 5.08. The van der Waals surface area contributed by atoms with Crippen LogP contribution in [0.2, 0.25) is 0 Å². The van der Waals surface area contributed by atoms with Gasteiger partial charge in [-0.1, -0.05) is 26.0 Å². The highest BCUT2D eigenvalue weighted by atomic mass is 16.5. The van der Waals surface area contributed by atoms with E-state index in [1.165, 1.54) is 17.7 Å². The molecule has 0 amide bonds. The molecule has 2 heteroatoms. The van der Waals surface area contributed by atoms with Crippen LogP contribution in [0.15, 0.2) is 18.2 Å². The maximum atomic E-state index is 5.85. The van der Waals surface area contributed by atoms with Crippen LogP contribution in [-0.4, -0.2) is 12.6 Å². The van der Waals surface area contributed by atoms with Crippen molar-refractivity contribution in [3.8, 4) is 5.75 Å². The summed E-state index contributed by atoms with van der Waals surface area (Å²) < 4.78 is 5.85. The molecule has 1 atom stereocenters. The molecule has 1 N–H and O–H groups in total. The molecule has 0 saturated heterocycles. The molecule has 1 aliphatic heterocycles. The number of anilines is 1. The van der Waals surface area contributed by atoms with Crippen LogP contribution in [0.1, 0.15) is 32.8 Å². The molecule has 0 aliphatic carbocycles. The van der Waals surface area contributed by atoms with Crippen molar-refractivity contribution in [1.29, 1.82) is 0 Å². The number of fused-ring (bicyclic) bond motifs is 1. The van der Waals surface area contributed by atoms with Crippen LogP contribution >= 0.6 is 0 Å². The number of ether oxygens (including phenoxy) is 1. The Morgan fingerprint density at radius 2 is 2.25 bits per heavy atom. The SMILES string of the molecule is CC(C)COc1cccc2c1NC(C)CC2. The molecule has 0 fully saturated rings. The molecule has 1 heterocycles. The number of rotatable bonds is 3. The van der Waals surface area contributed by atoms with E-state index in [0.29, 0.717) is 12.0 Å². The van der Waals surface area contributed by atoms with Crippen molar-refractivity contribution >= 4 is 5.69 Å².